The second kappa shape index (κ2) is 6.75. The van der Waals surface area contributed by atoms with Gasteiger partial charge in [-0.25, -0.2) is 0 Å². The summed E-state index contributed by atoms with van der Waals surface area (Å²) >= 11 is 0. The second-order valence-corrected chi connectivity index (χ2v) is 7.10. The van der Waals surface area contributed by atoms with Crippen molar-refractivity contribution >= 4 is 0 Å². The third-order valence-corrected chi connectivity index (χ3v) is 6.00. The number of nitrogens with two attached hydrogens (primary N) is 1. The van der Waals surface area contributed by atoms with Gasteiger partial charge in [-0.1, -0.05) is 25.2 Å². The average molecular weight is 333 g/mol. The minimum atomic E-state index is -1.43. The van der Waals surface area contributed by atoms with Crippen LogP contribution in [0.1, 0.15) is 26.2 Å². The zero-order valence-corrected chi connectivity index (χ0v) is 14.6. The summed E-state index contributed by atoms with van der Waals surface area (Å²) in [6.45, 7) is 4.55. The predicted molar refractivity (Wildman–Crippen MR) is 94.1 cm³/mol. The molecule has 0 saturated heterocycles. The first kappa shape index (κ1) is 17.3. The highest BCUT2D eigenvalue weighted by molar-refractivity contribution is 5.57. The Labute approximate surface area is 149 Å². The van der Waals surface area contributed by atoms with E-state index in [1.54, 1.807) is 0 Å². The van der Waals surface area contributed by atoms with Gasteiger partial charge >= 0.3 is 0 Å². The van der Waals surface area contributed by atoms with E-state index < -0.39 is 5.41 Å². The van der Waals surface area contributed by atoms with Crippen molar-refractivity contribution in [3.05, 3.63) is 35.1 Å². The number of likely N-dealkylation sites (N-methyl/N-ethyl adjacent to an activating group) is 1. The Morgan fingerprint density at radius 2 is 2.08 bits per heavy atom. The first-order valence-electron chi connectivity index (χ1n) is 8.95. The fourth-order valence-corrected chi connectivity index (χ4v) is 4.69. The van der Waals surface area contributed by atoms with Crippen LogP contribution in [0, 0.1) is 57.2 Å². The van der Waals surface area contributed by atoms with Crippen LogP contribution in [0.15, 0.2) is 35.1 Å². The molecule has 2 N–H and O–H groups in total. The van der Waals surface area contributed by atoms with Gasteiger partial charge in [0.05, 0.1) is 23.4 Å². The molecular weight excluding hydrogens is 310 g/mol. The Bertz CT molecular complexity index is 753. The summed E-state index contributed by atoms with van der Waals surface area (Å²) in [6.07, 6.45) is 9.43. The fourth-order valence-electron chi connectivity index (χ4n) is 4.69. The van der Waals surface area contributed by atoms with E-state index in [-0.39, 0.29) is 23.5 Å². The zero-order chi connectivity index (χ0) is 18.0. The van der Waals surface area contributed by atoms with Crippen molar-refractivity contribution in [3.63, 3.8) is 0 Å². The molecule has 2 aliphatic carbocycles. The maximum Gasteiger partial charge on any atom is 0.187 e. The third kappa shape index (κ3) is 2.55. The quantitative estimate of drug-likeness (QED) is 0.783. The number of hydrogen-bond donors (Lipinski definition) is 1. The molecule has 0 bridgehead atoms. The van der Waals surface area contributed by atoms with Gasteiger partial charge in [0.2, 0.25) is 0 Å². The highest BCUT2D eigenvalue weighted by Gasteiger charge is 2.55. The van der Waals surface area contributed by atoms with Crippen molar-refractivity contribution in [3.8, 4) is 18.2 Å². The summed E-state index contributed by atoms with van der Waals surface area (Å²) in [6, 6.07) is 6.62. The first-order chi connectivity index (χ1) is 12.1. The van der Waals surface area contributed by atoms with Crippen LogP contribution >= 0.6 is 0 Å². The number of rotatable bonds is 2. The molecule has 0 aromatic rings. The topological polar surface area (TPSA) is 101 Å². The lowest BCUT2D eigenvalue weighted by molar-refractivity contribution is 0.130. The van der Waals surface area contributed by atoms with Crippen LogP contribution in [0.4, 0.5) is 0 Å². The maximum absolute atomic E-state index is 9.99. The lowest BCUT2D eigenvalue weighted by Crippen LogP contribution is -2.51. The van der Waals surface area contributed by atoms with Gasteiger partial charge in [-0.3, -0.25) is 4.90 Å². The van der Waals surface area contributed by atoms with Crippen LogP contribution in [0.3, 0.4) is 0 Å². The van der Waals surface area contributed by atoms with Gasteiger partial charge in [0.15, 0.2) is 5.41 Å². The molecule has 3 rings (SSSR count). The predicted octanol–water partition coefficient (Wildman–Crippen LogP) is 2.62. The molecule has 128 valence electrons. The summed E-state index contributed by atoms with van der Waals surface area (Å²) in [5.74, 6) is -0.0866. The van der Waals surface area contributed by atoms with Gasteiger partial charge in [-0.05, 0) is 37.3 Å². The highest BCUT2D eigenvalue weighted by atomic mass is 15.1. The largest absolute Gasteiger partial charge is 0.399 e. The molecule has 3 atom stereocenters. The van der Waals surface area contributed by atoms with Gasteiger partial charge in [-0.2, -0.15) is 15.8 Å². The summed E-state index contributed by atoms with van der Waals surface area (Å²) in [7, 11) is 0. The molecule has 1 heterocycles. The molecule has 5 heteroatoms. The molecule has 0 fully saturated rings. The summed E-state index contributed by atoms with van der Waals surface area (Å²) < 4.78 is 0. The molecule has 3 aliphatic rings. The van der Waals surface area contributed by atoms with Crippen molar-refractivity contribution < 1.29 is 0 Å². The van der Waals surface area contributed by atoms with Crippen molar-refractivity contribution in [1.29, 1.82) is 15.8 Å². The molecule has 1 aliphatic heterocycles. The molecular formula is C20H23N5. The van der Waals surface area contributed by atoms with E-state index in [9.17, 15) is 15.8 Å². The summed E-state index contributed by atoms with van der Waals surface area (Å²) in [4.78, 5) is 2.30. The summed E-state index contributed by atoms with van der Waals surface area (Å²) in [5, 5.41) is 29.6. The minimum absolute atomic E-state index is 0.0114. The Kier molecular flexibility index (Phi) is 4.67. The van der Waals surface area contributed by atoms with E-state index in [4.69, 9.17) is 5.73 Å². The molecule has 0 spiro atoms. The van der Waals surface area contributed by atoms with Gasteiger partial charge in [-0.15, -0.1) is 0 Å². The monoisotopic (exact) mass is 333 g/mol. The highest BCUT2D eigenvalue weighted by Crippen LogP contribution is 2.53. The lowest BCUT2D eigenvalue weighted by Gasteiger charge is -2.48. The van der Waals surface area contributed by atoms with Gasteiger partial charge < -0.3 is 5.73 Å². The van der Waals surface area contributed by atoms with E-state index in [0.29, 0.717) is 5.57 Å². The minimum Gasteiger partial charge on any atom is -0.399 e. The first-order valence-corrected chi connectivity index (χ1v) is 8.95. The standard InChI is InChI=1S/C20H23N5/c1-2-25-9-8-15-16(10-21)19(24)20(12-22,13-23)18(17(15)11-25)14-6-4-3-5-7-14/h4,6,8,14,17-18H,2-3,5,7,9,11,24H2,1H3/t14-,17-,18-/m1/s1. The molecule has 0 unspecified atom stereocenters. The third-order valence-electron chi connectivity index (χ3n) is 6.00. The van der Waals surface area contributed by atoms with Crippen LogP contribution < -0.4 is 5.73 Å². The zero-order valence-electron chi connectivity index (χ0n) is 14.6. The number of fused-ring (bicyclic) bond motifs is 1. The average Bonchev–Trinajstić information content (AvgIpc) is 2.67. The SMILES string of the molecule is CCN1CC=C2C(C#N)=C(N)C(C#N)(C#N)[C@H]([C@@H]3C=CCCC3)[C@@H]2C1. The molecule has 25 heavy (non-hydrogen) atoms. The van der Waals surface area contributed by atoms with Crippen LogP contribution in [0.25, 0.3) is 0 Å². The van der Waals surface area contributed by atoms with Gasteiger partial charge in [0.25, 0.3) is 0 Å². The van der Waals surface area contributed by atoms with Crippen molar-refractivity contribution in [2.24, 2.45) is 28.9 Å². The Morgan fingerprint density at radius 3 is 2.64 bits per heavy atom. The van der Waals surface area contributed by atoms with E-state index in [1.165, 1.54) is 0 Å². The van der Waals surface area contributed by atoms with Gasteiger partial charge in [0.1, 0.15) is 6.07 Å². The Morgan fingerprint density at radius 1 is 1.32 bits per heavy atom. The molecule has 0 aromatic carbocycles. The Balaban J connectivity index is 2.22. The van der Waals surface area contributed by atoms with Crippen molar-refractivity contribution in [2.45, 2.75) is 26.2 Å². The van der Waals surface area contributed by atoms with E-state index >= 15 is 0 Å². The van der Waals surface area contributed by atoms with Crippen LogP contribution in [-0.4, -0.2) is 24.5 Å². The van der Waals surface area contributed by atoms with E-state index in [2.05, 4.69) is 48.3 Å². The summed E-state index contributed by atoms with van der Waals surface area (Å²) in [5.41, 5.74) is 6.30. The van der Waals surface area contributed by atoms with Crippen LogP contribution in [0.2, 0.25) is 0 Å². The molecule has 0 amide bonds. The molecule has 0 saturated carbocycles. The second-order valence-electron chi connectivity index (χ2n) is 7.10. The molecule has 5 nitrogen and oxygen atoms in total. The lowest BCUT2D eigenvalue weighted by atomic mass is 9.55. The van der Waals surface area contributed by atoms with E-state index in [1.807, 2.05) is 0 Å². The van der Waals surface area contributed by atoms with Gasteiger partial charge in [0, 0.05) is 24.9 Å². The molecule has 0 radical (unpaired) electrons. The smallest absolute Gasteiger partial charge is 0.187 e. The Hall–Kier alpha value is -2.55. The van der Waals surface area contributed by atoms with E-state index in [0.717, 1.165) is 44.5 Å². The maximum atomic E-state index is 9.99. The normalized spacial score (nSPS) is 31.3. The van der Waals surface area contributed by atoms with Crippen LogP contribution in [-0.2, 0) is 0 Å². The van der Waals surface area contributed by atoms with Crippen LogP contribution in [0.5, 0.6) is 0 Å². The fraction of sp³-hybridized carbons (Fsp3) is 0.550. The number of allylic oxidation sites excluding steroid dienone is 4. The van der Waals surface area contributed by atoms with Crippen molar-refractivity contribution in [1.82, 2.24) is 4.90 Å². The molecule has 0 aromatic heterocycles. The number of nitriles is 3. The number of hydrogen-bond acceptors (Lipinski definition) is 5. The number of nitrogens with zero attached hydrogens (tertiary/aromatic N) is 4. The van der Waals surface area contributed by atoms with Crippen molar-refractivity contribution in [2.75, 3.05) is 19.6 Å².